The van der Waals surface area contributed by atoms with E-state index in [1.54, 1.807) is 0 Å². The number of nitrogens with zero attached hydrogens (tertiary/aromatic N) is 1. The molecule has 1 aromatic rings. The van der Waals surface area contributed by atoms with E-state index in [4.69, 9.17) is 5.11 Å². The molecule has 17 heavy (non-hydrogen) atoms. The zero-order chi connectivity index (χ0) is 12.7. The Kier molecular flexibility index (Phi) is 6.55. The minimum atomic E-state index is 0.190. The summed E-state index contributed by atoms with van der Waals surface area (Å²) in [7, 11) is 1.95. The average molecular weight is 301 g/mol. The molecule has 0 radical (unpaired) electrons. The molecule has 96 valence electrons. The Morgan fingerprint density at radius 2 is 2.12 bits per heavy atom. The number of anilines is 1. The minimum absolute atomic E-state index is 0.190. The normalized spacial score (nSPS) is 10.6. The van der Waals surface area contributed by atoms with E-state index in [2.05, 4.69) is 51.3 Å². The standard InChI is InChI=1S/C13H21BrN2O/c1-3-6-16(7-8-17)13-5-4-12(14)9-11(13)10-15-2/h4-5,9,15,17H,3,6-8,10H2,1-2H3. The topological polar surface area (TPSA) is 35.5 Å². The maximum absolute atomic E-state index is 9.13. The fraction of sp³-hybridized carbons (Fsp3) is 0.538. The van der Waals surface area contributed by atoms with Crippen LogP contribution in [-0.4, -0.2) is 31.9 Å². The lowest BCUT2D eigenvalue weighted by Gasteiger charge is -2.26. The number of aliphatic hydroxyl groups excluding tert-OH is 1. The zero-order valence-electron chi connectivity index (χ0n) is 10.5. The fourth-order valence-electron chi connectivity index (χ4n) is 1.94. The van der Waals surface area contributed by atoms with Crippen LogP contribution in [0.1, 0.15) is 18.9 Å². The van der Waals surface area contributed by atoms with Gasteiger partial charge in [-0.2, -0.15) is 0 Å². The van der Waals surface area contributed by atoms with Crippen LogP contribution >= 0.6 is 15.9 Å². The highest BCUT2D eigenvalue weighted by atomic mass is 79.9. The first-order valence-electron chi connectivity index (χ1n) is 6.01. The summed E-state index contributed by atoms with van der Waals surface area (Å²) in [5, 5.41) is 12.3. The van der Waals surface area contributed by atoms with Gasteiger partial charge in [-0.3, -0.25) is 0 Å². The van der Waals surface area contributed by atoms with Crippen LogP contribution in [0.25, 0.3) is 0 Å². The third-order valence-electron chi connectivity index (χ3n) is 2.61. The van der Waals surface area contributed by atoms with Crippen molar-refractivity contribution in [3.63, 3.8) is 0 Å². The van der Waals surface area contributed by atoms with Crippen molar-refractivity contribution in [2.75, 3.05) is 31.6 Å². The summed E-state index contributed by atoms with van der Waals surface area (Å²) in [5.74, 6) is 0. The molecule has 1 aromatic carbocycles. The SMILES string of the molecule is CCCN(CCO)c1ccc(Br)cc1CNC. The van der Waals surface area contributed by atoms with Crippen LogP contribution in [-0.2, 0) is 6.54 Å². The maximum Gasteiger partial charge on any atom is 0.0606 e. The molecule has 0 heterocycles. The van der Waals surface area contributed by atoms with Crippen molar-refractivity contribution in [3.8, 4) is 0 Å². The number of aliphatic hydroxyl groups is 1. The van der Waals surface area contributed by atoms with Crippen molar-refractivity contribution < 1.29 is 5.11 Å². The van der Waals surface area contributed by atoms with Gasteiger partial charge >= 0.3 is 0 Å². The molecule has 0 saturated heterocycles. The van der Waals surface area contributed by atoms with Crippen LogP contribution in [0.2, 0.25) is 0 Å². The second-order valence-electron chi connectivity index (χ2n) is 4.01. The second kappa shape index (κ2) is 7.69. The lowest BCUT2D eigenvalue weighted by Crippen LogP contribution is -2.29. The van der Waals surface area contributed by atoms with E-state index < -0.39 is 0 Å². The maximum atomic E-state index is 9.13. The molecule has 4 heteroatoms. The molecule has 0 amide bonds. The van der Waals surface area contributed by atoms with Gasteiger partial charge in [0.05, 0.1) is 6.61 Å². The van der Waals surface area contributed by atoms with Crippen molar-refractivity contribution in [3.05, 3.63) is 28.2 Å². The van der Waals surface area contributed by atoms with Gasteiger partial charge in [0.15, 0.2) is 0 Å². The molecule has 0 atom stereocenters. The van der Waals surface area contributed by atoms with Crippen molar-refractivity contribution in [2.45, 2.75) is 19.9 Å². The third-order valence-corrected chi connectivity index (χ3v) is 3.11. The molecule has 0 aliphatic heterocycles. The van der Waals surface area contributed by atoms with Crippen molar-refractivity contribution in [2.24, 2.45) is 0 Å². The van der Waals surface area contributed by atoms with Crippen LogP contribution in [0, 0.1) is 0 Å². The molecule has 0 saturated carbocycles. The van der Waals surface area contributed by atoms with E-state index in [0.717, 1.165) is 24.0 Å². The summed E-state index contributed by atoms with van der Waals surface area (Å²) in [6.07, 6.45) is 1.08. The summed E-state index contributed by atoms with van der Waals surface area (Å²) in [6.45, 7) is 4.83. The molecule has 0 aromatic heterocycles. The predicted octanol–water partition coefficient (Wildman–Crippen LogP) is 2.38. The van der Waals surface area contributed by atoms with E-state index in [9.17, 15) is 0 Å². The third kappa shape index (κ3) is 4.30. The lowest BCUT2D eigenvalue weighted by molar-refractivity contribution is 0.301. The minimum Gasteiger partial charge on any atom is -0.395 e. The Morgan fingerprint density at radius 3 is 2.71 bits per heavy atom. The highest BCUT2D eigenvalue weighted by molar-refractivity contribution is 9.10. The molecular weight excluding hydrogens is 280 g/mol. The zero-order valence-corrected chi connectivity index (χ0v) is 12.1. The molecule has 3 nitrogen and oxygen atoms in total. The number of nitrogens with one attached hydrogen (secondary N) is 1. The molecule has 0 fully saturated rings. The van der Waals surface area contributed by atoms with E-state index in [0.29, 0.717) is 6.54 Å². The summed E-state index contributed by atoms with van der Waals surface area (Å²) < 4.78 is 1.09. The first-order valence-corrected chi connectivity index (χ1v) is 6.81. The average Bonchev–Trinajstić information content (AvgIpc) is 2.30. The quantitative estimate of drug-likeness (QED) is 0.811. The van der Waals surface area contributed by atoms with E-state index >= 15 is 0 Å². The molecule has 1 rings (SSSR count). The fourth-order valence-corrected chi connectivity index (χ4v) is 2.35. The van der Waals surface area contributed by atoms with Crippen LogP contribution in [0.4, 0.5) is 5.69 Å². The Hall–Kier alpha value is -0.580. The van der Waals surface area contributed by atoms with Gasteiger partial charge in [-0.05, 0) is 37.2 Å². The van der Waals surface area contributed by atoms with Gasteiger partial charge in [-0.1, -0.05) is 22.9 Å². The van der Waals surface area contributed by atoms with Gasteiger partial charge in [0.1, 0.15) is 0 Å². The largest absolute Gasteiger partial charge is 0.395 e. The van der Waals surface area contributed by atoms with Crippen LogP contribution in [0.3, 0.4) is 0 Å². The Balaban J connectivity index is 2.98. The Labute approximate surface area is 112 Å². The van der Waals surface area contributed by atoms with Crippen molar-refractivity contribution in [1.82, 2.24) is 5.32 Å². The summed E-state index contributed by atoms with van der Waals surface area (Å²) in [5.41, 5.74) is 2.46. The number of halogens is 1. The van der Waals surface area contributed by atoms with Gasteiger partial charge < -0.3 is 15.3 Å². The van der Waals surface area contributed by atoms with Gasteiger partial charge in [0.25, 0.3) is 0 Å². The number of hydrogen-bond donors (Lipinski definition) is 2. The van der Waals surface area contributed by atoms with Gasteiger partial charge in [-0.25, -0.2) is 0 Å². The lowest BCUT2D eigenvalue weighted by atomic mass is 10.1. The van der Waals surface area contributed by atoms with E-state index in [1.165, 1.54) is 11.3 Å². The Morgan fingerprint density at radius 1 is 1.35 bits per heavy atom. The summed E-state index contributed by atoms with van der Waals surface area (Å²) >= 11 is 3.50. The molecule has 0 aliphatic carbocycles. The van der Waals surface area contributed by atoms with Gasteiger partial charge in [-0.15, -0.1) is 0 Å². The smallest absolute Gasteiger partial charge is 0.0606 e. The predicted molar refractivity (Wildman–Crippen MR) is 76.5 cm³/mol. The van der Waals surface area contributed by atoms with E-state index in [1.807, 2.05) is 7.05 Å². The van der Waals surface area contributed by atoms with Crippen molar-refractivity contribution in [1.29, 1.82) is 0 Å². The van der Waals surface area contributed by atoms with Crippen molar-refractivity contribution >= 4 is 21.6 Å². The monoisotopic (exact) mass is 300 g/mol. The molecular formula is C13H21BrN2O. The molecule has 2 N–H and O–H groups in total. The first kappa shape index (κ1) is 14.5. The molecule has 0 unspecified atom stereocenters. The first-order chi connectivity index (χ1) is 8.22. The van der Waals surface area contributed by atoms with Crippen LogP contribution in [0.15, 0.2) is 22.7 Å². The van der Waals surface area contributed by atoms with E-state index in [-0.39, 0.29) is 6.61 Å². The number of hydrogen-bond acceptors (Lipinski definition) is 3. The summed E-state index contributed by atoms with van der Waals surface area (Å²) in [4.78, 5) is 2.24. The van der Waals surface area contributed by atoms with Gasteiger partial charge in [0, 0.05) is 29.8 Å². The van der Waals surface area contributed by atoms with Crippen LogP contribution < -0.4 is 10.2 Å². The highest BCUT2D eigenvalue weighted by Crippen LogP contribution is 2.24. The number of benzene rings is 1. The Bertz CT molecular complexity index is 338. The second-order valence-corrected chi connectivity index (χ2v) is 4.93. The molecule has 0 spiro atoms. The molecule has 0 bridgehead atoms. The van der Waals surface area contributed by atoms with Crippen LogP contribution in [0.5, 0.6) is 0 Å². The number of rotatable bonds is 7. The van der Waals surface area contributed by atoms with Gasteiger partial charge in [0.2, 0.25) is 0 Å². The highest BCUT2D eigenvalue weighted by Gasteiger charge is 2.10. The molecule has 0 aliphatic rings. The summed E-state index contributed by atoms with van der Waals surface area (Å²) in [6, 6.07) is 6.29.